The molecule has 0 saturated heterocycles. The smallest absolute Gasteiger partial charge is 0.169 e. The first-order valence-corrected chi connectivity index (χ1v) is 11.2. The molecule has 2 aromatic carbocycles. The van der Waals surface area contributed by atoms with Crippen molar-refractivity contribution >= 4 is 28.2 Å². The SMILES string of the molecule is COc1ccc2[nH]c(C)c(CCN(Cc3ccncc3)C(=S)NCc3ccccc3)c2c1. The van der Waals surface area contributed by atoms with Gasteiger partial charge < -0.3 is 19.9 Å². The Balaban J connectivity index is 1.51. The van der Waals surface area contributed by atoms with E-state index >= 15 is 0 Å². The fourth-order valence-electron chi connectivity index (χ4n) is 3.90. The molecule has 2 N–H and O–H groups in total. The second-order valence-corrected chi connectivity index (χ2v) is 8.20. The number of aromatic nitrogens is 2. The Kier molecular flexibility index (Phi) is 7.02. The molecule has 0 spiro atoms. The Bertz CT molecular complexity index is 1170. The first-order valence-electron chi connectivity index (χ1n) is 10.7. The van der Waals surface area contributed by atoms with Gasteiger partial charge in [0.1, 0.15) is 5.75 Å². The lowest BCUT2D eigenvalue weighted by Crippen LogP contribution is -2.40. The van der Waals surface area contributed by atoms with Crippen LogP contribution >= 0.6 is 12.2 Å². The van der Waals surface area contributed by atoms with Crippen molar-refractivity contribution in [3.63, 3.8) is 0 Å². The molecule has 32 heavy (non-hydrogen) atoms. The van der Waals surface area contributed by atoms with E-state index in [-0.39, 0.29) is 0 Å². The summed E-state index contributed by atoms with van der Waals surface area (Å²) in [5.74, 6) is 0.867. The molecular formula is C26H28N4OS. The minimum atomic E-state index is 0.704. The number of hydrogen-bond acceptors (Lipinski definition) is 3. The van der Waals surface area contributed by atoms with Crippen LogP contribution in [-0.4, -0.2) is 33.6 Å². The maximum atomic E-state index is 5.81. The normalized spacial score (nSPS) is 10.8. The van der Waals surface area contributed by atoms with Crippen molar-refractivity contribution in [2.45, 2.75) is 26.4 Å². The summed E-state index contributed by atoms with van der Waals surface area (Å²) >= 11 is 5.81. The van der Waals surface area contributed by atoms with E-state index in [0.717, 1.165) is 35.9 Å². The molecule has 164 valence electrons. The number of hydrogen-bond donors (Lipinski definition) is 2. The summed E-state index contributed by atoms with van der Waals surface area (Å²) in [6.45, 7) is 4.36. The zero-order valence-electron chi connectivity index (χ0n) is 18.5. The third kappa shape index (κ3) is 5.26. The molecule has 5 nitrogen and oxygen atoms in total. The van der Waals surface area contributed by atoms with Crippen LogP contribution in [0.1, 0.15) is 22.4 Å². The number of aryl methyl sites for hydroxylation is 1. The van der Waals surface area contributed by atoms with E-state index in [4.69, 9.17) is 17.0 Å². The van der Waals surface area contributed by atoms with Crippen LogP contribution in [0.25, 0.3) is 10.9 Å². The minimum absolute atomic E-state index is 0.704. The molecule has 6 heteroatoms. The second kappa shape index (κ2) is 10.3. The van der Waals surface area contributed by atoms with Crippen molar-refractivity contribution in [1.82, 2.24) is 20.2 Å². The summed E-state index contributed by atoms with van der Waals surface area (Å²) in [5, 5.41) is 5.39. The highest BCUT2D eigenvalue weighted by atomic mass is 32.1. The predicted octanol–water partition coefficient (Wildman–Crippen LogP) is 5.00. The Morgan fingerprint density at radius 2 is 1.84 bits per heavy atom. The molecule has 0 radical (unpaired) electrons. The van der Waals surface area contributed by atoms with Crippen LogP contribution < -0.4 is 10.1 Å². The van der Waals surface area contributed by atoms with E-state index in [9.17, 15) is 0 Å². The highest BCUT2D eigenvalue weighted by molar-refractivity contribution is 7.80. The zero-order valence-corrected chi connectivity index (χ0v) is 19.3. The number of benzene rings is 2. The van der Waals surface area contributed by atoms with Gasteiger partial charge >= 0.3 is 0 Å². The molecule has 0 bridgehead atoms. The zero-order chi connectivity index (χ0) is 22.3. The van der Waals surface area contributed by atoms with Gasteiger partial charge in [0.05, 0.1) is 7.11 Å². The van der Waals surface area contributed by atoms with E-state index in [2.05, 4.69) is 51.4 Å². The lowest BCUT2D eigenvalue weighted by atomic mass is 10.1. The summed E-state index contributed by atoms with van der Waals surface area (Å²) in [7, 11) is 1.70. The van der Waals surface area contributed by atoms with Gasteiger partial charge in [-0.1, -0.05) is 30.3 Å². The molecular weight excluding hydrogens is 416 g/mol. The van der Waals surface area contributed by atoms with Crippen LogP contribution in [0.4, 0.5) is 0 Å². The van der Waals surface area contributed by atoms with Crippen LogP contribution in [0.2, 0.25) is 0 Å². The molecule has 4 rings (SSSR count). The number of methoxy groups -OCH3 is 1. The van der Waals surface area contributed by atoms with Gasteiger partial charge in [-0.25, -0.2) is 0 Å². The van der Waals surface area contributed by atoms with Gasteiger partial charge in [-0.3, -0.25) is 4.98 Å². The Hall–Kier alpha value is -3.38. The fourth-order valence-corrected chi connectivity index (χ4v) is 4.13. The van der Waals surface area contributed by atoms with E-state index < -0.39 is 0 Å². The number of H-pyrrole nitrogens is 1. The monoisotopic (exact) mass is 444 g/mol. The van der Waals surface area contributed by atoms with Crippen molar-refractivity contribution in [1.29, 1.82) is 0 Å². The van der Waals surface area contributed by atoms with Gasteiger partial charge in [0.15, 0.2) is 5.11 Å². The maximum absolute atomic E-state index is 5.81. The molecule has 0 atom stereocenters. The lowest BCUT2D eigenvalue weighted by Gasteiger charge is -2.26. The summed E-state index contributed by atoms with van der Waals surface area (Å²) in [5.41, 5.74) is 5.99. The molecule has 0 aliphatic rings. The number of thiocarbonyl (C=S) groups is 1. The number of nitrogens with zero attached hydrogens (tertiary/aromatic N) is 2. The van der Waals surface area contributed by atoms with Crippen LogP contribution in [0.3, 0.4) is 0 Å². The highest BCUT2D eigenvalue weighted by Gasteiger charge is 2.15. The van der Waals surface area contributed by atoms with Crippen molar-refractivity contribution < 1.29 is 4.74 Å². The molecule has 0 amide bonds. The van der Waals surface area contributed by atoms with Crippen LogP contribution in [0, 0.1) is 6.92 Å². The molecule has 0 unspecified atom stereocenters. The predicted molar refractivity (Wildman–Crippen MR) is 134 cm³/mol. The first kappa shape index (κ1) is 21.8. The van der Waals surface area contributed by atoms with Crippen molar-refractivity contribution in [2.24, 2.45) is 0 Å². The van der Waals surface area contributed by atoms with Crippen molar-refractivity contribution in [3.8, 4) is 5.75 Å². The van der Waals surface area contributed by atoms with Crippen molar-refractivity contribution in [2.75, 3.05) is 13.7 Å². The molecule has 2 aromatic heterocycles. The van der Waals surface area contributed by atoms with E-state index in [1.165, 1.54) is 27.8 Å². The third-order valence-electron chi connectivity index (χ3n) is 5.65. The summed E-state index contributed by atoms with van der Waals surface area (Å²) < 4.78 is 5.44. The average molecular weight is 445 g/mol. The number of aromatic amines is 1. The maximum Gasteiger partial charge on any atom is 0.169 e. The fraction of sp³-hybridized carbons (Fsp3) is 0.231. The summed E-state index contributed by atoms with van der Waals surface area (Å²) in [6.07, 6.45) is 4.52. The largest absolute Gasteiger partial charge is 0.497 e. The topological polar surface area (TPSA) is 53.2 Å². The van der Waals surface area contributed by atoms with Crippen molar-refractivity contribution in [3.05, 3.63) is 95.4 Å². The second-order valence-electron chi connectivity index (χ2n) is 7.81. The summed E-state index contributed by atoms with van der Waals surface area (Å²) in [4.78, 5) is 9.86. The third-order valence-corrected chi connectivity index (χ3v) is 6.06. The van der Waals surface area contributed by atoms with Crippen LogP contribution in [0.15, 0.2) is 73.1 Å². The van der Waals surface area contributed by atoms with Gasteiger partial charge in [-0.15, -0.1) is 0 Å². The van der Waals surface area contributed by atoms with E-state index in [1.54, 1.807) is 7.11 Å². The Morgan fingerprint density at radius 3 is 2.59 bits per heavy atom. The van der Waals surface area contributed by atoms with Gasteiger partial charge in [0.2, 0.25) is 0 Å². The van der Waals surface area contributed by atoms with Gasteiger partial charge in [0, 0.05) is 48.6 Å². The standard InChI is InChI=1S/C26H28N4OS/c1-19-23(24-16-22(31-2)8-9-25(24)29-19)12-15-30(18-21-10-13-27-14-11-21)26(32)28-17-20-6-4-3-5-7-20/h3-11,13-14,16,29H,12,15,17-18H2,1-2H3,(H,28,32). The quantitative estimate of drug-likeness (QED) is 0.375. The van der Waals surface area contributed by atoms with E-state index in [1.807, 2.05) is 48.8 Å². The minimum Gasteiger partial charge on any atom is -0.497 e. The molecule has 2 heterocycles. The van der Waals surface area contributed by atoms with Gasteiger partial charge in [-0.05, 0) is 72.6 Å². The number of fused-ring (bicyclic) bond motifs is 1. The Morgan fingerprint density at radius 1 is 1.06 bits per heavy atom. The first-order chi connectivity index (χ1) is 15.6. The highest BCUT2D eigenvalue weighted by Crippen LogP contribution is 2.27. The number of nitrogens with one attached hydrogen (secondary N) is 2. The average Bonchev–Trinajstić information content (AvgIpc) is 3.15. The van der Waals surface area contributed by atoms with Crippen LogP contribution in [0.5, 0.6) is 5.75 Å². The number of ether oxygens (including phenoxy) is 1. The van der Waals surface area contributed by atoms with Crippen LogP contribution in [-0.2, 0) is 19.5 Å². The summed E-state index contributed by atoms with van der Waals surface area (Å²) in [6, 6.07) is 20.6. The molecule has 0 fully saturated rings. The number of pyridine rings is 1. The molecule has 4 aromatic rings. The Labute approximate surface area is 194 Å². The van der Waals surface area contributed by atoms with Gasteiger partial charge in [0.25, 0.3) is 0 Å². The number of rotatable bonds is 8. The van der Waals surface area contributed by atoms with Gasteiger partial charge in [-0.2, -0.15) is 0 Å². The van der Waals surface area contributed by atoms with E-state index in [0.29, 0.717) is 6.54 Å². The molecule has 0 aliphatic heterocycles. The molecule has 0 saturated carbocycles. The lowest BCUT2D eigenvalue weighted by molar-refractivity contribution is 0.409. The molecule has 0 aliphatic carbocycles.